The van der Waals surface area contributed by atoms with E-state index < -0.39 is 12.0 Å². The van der Waals surface area contributed by atoms with Crippen molar-refractivity contribution in [2.24, 2.45) is 0 Å². The van der Waals surface area contributed by atoms with Gasteiger partial charge in [-0.15, -0.1) is 0 Å². The molecule has 0 radical (unpaired) electrons. The zero-order valence-electron chi connectivity index (χ0n) is 12.0. The summed E-state index contributed by atoms with van der Waals surface area (Å²) in [5.74, 6) is -0.782. The van der Waals surface area contributed by atoms with E-state index in [1.165, 1.54) is 36.9 Å². The number of hydrogen-bond donors (Lipinski definition) is 1. The molecule has 2 heterocycles. The van der Waals surface area contributed by atoms with Gasteiger partial charge >= 0.3 is 5.97 Å². The van der Waals surface area contributed by atoms with Gasteiger partial charge in [-0.25, -0.2) is 4.79 Å². The minimum absolute atomic E-state index is 0.143. The molecule has 0 saturated carbocycles. The molecule has 0 aromatic carbocycles. The second-order valence-electron chi connectivity index (χ2n) is 4.52. The Hall–Kier alpha value is -2.02. The van der Waals surface area contributed by atoms with Crippen LogP contribution < -0.4 is 5.32 Å². The highest BCUT2D eigenvalue weighted by Crippen LogP contribution is 2.42. The summed E-state index contributed by atoms with van der Waals surface area (Å²) >= 11 is 1.28. The fourth-order valence-electron chi connectivity index (χ4n) is 2.32. The van der Waals surface area contributed by atoms with Crippen molar-refractivity contribution < 1.29 is 19.1 Å². The Labute approximate surface area is 126 Å². The summed E-state index contributed by atoms with van der Waals surface area (Å²) in [6, 6.07) is -0.869. The van der Waals surface area contributed by atoms with Crippen LogP contribution >= 0.6 is 11.8 Å². The molecule has 21 heavy (non-hydrogen) atoms. The van der Waals surface area contributed by atoms with Crippen LogP contribution in [0.5, 0.6) is 0 Å². The first-order chi connectivity index (χ1) is 10.0. The molecule has 2 aliphatic heterocycles. The van der Waals surface area contributed by atoms with Crippen LogP contribution in [0.3, 0.4) is 0 Å². The van der Waals surface area contributed by atoms with Crippen molar-refractivity contribution >= 4 is 29.5 Å². The number of nitrogens with one attached hydrogen (secondary N) is 1. The maximum Gasteiger partial charge on any atom is 0.333 e. The summed E-state index contributed by atoms with van der Waals surface area (Å²) in [5.41, 5.74) is 0.686. The maximum atomic E-state index is 12.0. The summed E-state index contributed by atoms with van der Waals surface area (Å²) in [6.07, 6.45) is 5.13. The maximum absolute atomic E-state index is 12.0. The van der Waals surface area contributed by atoms with Crippen molar-refractivity contribution in [3.8, 4) is 0 Å². The molecular weight excluding hydrogens is 292 g/mol. The van der Waals surface area contributed by atoms with Crippen molar-refractivity contribution in [2.45, 2.75) is 25.9 Å². The monoisotopic (exact) mass is 308 g/mol. The van der Waals surface area contributed by atoms with Crippen molar-refractivity contribution in [1.29, 1.82) is 0 Å². The van der Waals surface area contributed by atoms with Gasteiger partial charge in [0.1, 0.15) is 0 Å². The molecule has 1 N–H and O–H groups in total. The summed E-state index contributed by atoms with van der Waals surface area (Å²) in [7, 11) is 1.30. The molecule has 112 valence electrons. The first-order valence-corrected chi connectivity index (χ1v) is 7.26. The molecule has 0 aromatic heterocycles. The Kier molecular flexibility index (Phi) is 4.52. The lowest BCUT2D eigenvalue weighted by Gasteiger charge is -2.40. The number of carbonyl (C=O) groups excluding carboxylic acids is 3. The second-order valence-corrected chi connectivity index (χ2v) is 5.50. The first-order valence-electron chi connectivity index (χ1n) is 6.38. The third-order valence-electron chi connectivity index (χ3n) is 3.26. The van der Waals surface area contributed by atoms with E-state index in [1.807, 2.05) is 6.08 Å². The number of hydrogen-bond acceptors (Lipinski definition) is 5. The molecule has 0 spiro atoms. The molecule has 2 atom stereocenters. The summed E-state index contributed by atoms with van der Waals surface area (Å²) in [4.78, 5) is 36.9. The first kappa shape index (κ1) is 15.4. The third kappa shape index (κ3) is 2.73. The topological polar surface area (TPSA) is 75.7 Å². The Balaban J connectivity index is 2.15. The molecule has 0 aliphatic carbocycles. The zero-order valence-corrected chi connectivity index (χ0v) is 12.8. The number of carbonyl (C=O) groups is 3. The number of amides is 2. The van der Waals surface area contributed by atoms with Gasteiger partial charge in [-0.2, -0.15) is 0 Å². The Morgan fingerprint density at radius 2 is 2.19 bits per heavy atom. The molecular formula is C14H16N2O4S. The van der Waals surface area contributed by atoms with Crippen LogP contribution in [-0.2, 0) is 19.1 Å². The van der Waals surface area contributed by atoms with Crippen molar-refractivity contribution in [3.63, 3.8) is 0 Å². The molecule has 2 amide bonds. The van der Waals surface area contributed by atoms with E-state index in [2.05, 4.69) is 5.32 Å². The molecule has 2 aliphatic rings. The molecule has 7 heteroatoms. The van der Waals surface area contributed by atoms with E-state index >= 15 is 0 Å². The largest absolute Gasteiger partial charge is 0.467 e. The predicted molar refractivity (Wildman–Crippen MR) is 78.8 cm³/mol. The van der Waals surface area contributed by atoms with Crippen LogP contribution in [0.15, 0.2) is 34.2 Å². The number of allylic oxidation sites excluding steroid dienone is 1. The van der Waals surface area contributed by atoms with Crippen LogP contribution in [0.1, 0.15) is 13.8 Å². The number of esters is 1. The minimum atomic E-state index is -0.705. The van der Waals surface area contributed by atoms with E-state index in [9.17, 15) is 14.4 Å². The molecule has 0 aromatic rings. The number of nitrogens with zero attached hydrogens (tertiary/aromatic N) is 1. The number of rotatable bonds is 4. The number of thioether (sulfide) groups is 1. The average Bonchev–Trinajstić information content (AvgIpc) is 2.78. The summed E-state index contributed by atoms with van der Waals surface area (Å²) < 4.78 is 4.78. The lowest BCUT2D eigenvalue weighted by molar-refractivity contribution is -0.152. The van der Waals surface area contributed by atoms with Gasteiger partial charge in [-0.1, -0.05) is 17.8 Å². The van der Waals surface area contributed by atoms with Gasteiger partial charge in [0.25, 0.3) is 5.91 Å². The summed E-state index contributed by atoms with van der Waals surface area (Å²) in [6.45, 7) is 3.21. The van der Waals surface area contributed by atoms with Gasteiger partial charge < -0.3 is 15.0 Å². The minimum Gasteiger partial charge on any atom is -0.467 e. The average molecular weight is 308 g/mol. The van der Waals surface area contributed by atoms with Crippen LogP contribution in [0.4, 0.5) is 0 Å². The van der Waals surface area contributed by atoms with Crippen molar-refractivity contribution in [2.75, 3.05) is 7.11 Å². The Morgan fingerprint density at radius 3 is 2.76 bits per heavy atom. The quantitative estimate of drug-likeness (QED) is 0.475. The van der Waals surface area contributed by atoms with Gasteiger partial charge in [0.2, 0.25) is 5.91 Å². The fraction of sp³-hybridized carbons (Fsp3) is 0.357. The normalized spacial score (nSPS) is 25.7. The second kappa shape index (κ2) is 6.17. The smallest absolute Gasteiger partial charge is 0.333 e. The van der Waals surface area contributed by atoms with Gasteiger partial charge in [0, 0.05) is 23.6 Å². The molecule has 0 bridgehead atoms. The van der Waals surface area contributed by atoms with Gasteiger partial charge in [-0.05, 0) is 18.4 Å². The van der Waals surface area contributed by atoms with E-state index in [1.54, 1.807) is 18.4 Å². The Bertz CT molecular complexity index is 580. The summed E-state index contributed by atoms with van der Waals surface area (Å²) in [5, 5.41) is 4.18. The van der Waals surface area contributed by atoms with E-state index in [-0.39, 0.29) is 17.9 Å². The van der Waals surface area contributed by atoms with E-state index in [0.29, 0.717) is 5.57 Å². The standard InChI is InChI=1S/C14H16N2O4S/c1-4-9-10-7-11(21-6-5-15-8(2)17)12(14(19)20-3)16(10)13(9)18/h4-7,10,12H,1-3H3,(H,15,17)/b6-5+,9-4-/t10-,12-/m1/s1. The predicted octanol–water partition coefficient (Wildman–Crippen LogP) is 0.923. The van der Waals surface area contributed by atoms with Gasteiger partial charge in [0.15, 0.2) is 6.04 Å². The van der Waals surface area contributed by atoms with Crippen LogP contribution in [0.2, 0.25) is 0 Å². The highest BCUT2D eigenvalue weighted by Gasteiger charge is 2.52. The van der Waals surface area contributed by atoms with Gasteiger partial charge in [0.05, 0.1) is 13.2 Å². The van der Waals surface area contributed by atoms with Gasteiger partial charge in [-0.3, -0.25) is 9.59 Å². The zero-order chi connectivity index (χ0) is 15.6. The molecule has 1 fully saturated rings. The highest BCUT2D eigenvalue weighted by atomic mass is 32.2. The lowest BCUT2D eigenvalue weighted by atomic mass is 9.96. The number of fused-ring (bicyclic) bond motifs is 1. The van der Waals surface area contributed by atoms with Crippen LogP contribution in [0.25, 0.3) is 0 Å². The Morgan fingerprint density at radius 1 is 1.48 bits per heavy atom. The number of ether oxygens (including phenoxy) is 1. The number of methoxy groups -OCH3 is 1. The molecule has 0 unspecified atom stereocenters. The van der Waals surface area contributed by atoms with E-state index in [4.69, 9.17) is 4.74 Å². The fourth-order valence-corrected chi connectivity index (χ4v) is 3.16. The molecule has 6 nitrogen and oxygen atoms in total. The van der Waals surface area contributed by atoms with Crippen molar-refractivity contribution in [3.05, 3.63) is 34.2 Å². The van der Waals surface area contributed by atoms with Crippen molar-refractivity contribution in [1.82, 2.24) is 10.2 Å². The van der Waals surface area contributed by atoms with Crippen LogP contribution in [-0.4, -0.2) is 41.9 Å². The third-order valence-corrected chi connectivity index (χ3v) is 4.17. The molecule has 1 saturated heterocycles. The van der Waals surface area contributed by atoms with Crippen LogP contribution in [0, 0.1) is 0 Å². The van der Waals surface area contributed by atoms with E-state index in [0.717, 1.165) is 4.91 Å². The molecule has 2 rings (SSSR count). The number of β-lactam (4-membered cyclic amide) rings is 1. The lowest BCUT2D eigenvalue weighted by Crippen LogP contribution is -2.57. The SMILES string of the molecule is C/C=C1\C(=O)N2[C@@H](C(=O)OC)C(S/C=C/NC(C)=O)=C[C@H]12. The highest BCUT2D eigenvalue weighted by molar-refractivity contribution is 8.05.